The summed E-state index contributed by atoms with van der Waals surface area (Å²) < 4.78 is 93.5. The van der Waals surface area contributed by atoms with Gasteiger partial charge in [-0.3, -0.25) is 0 Å². The van der Waals surface area contributed by atoms with E-state index in [-0.39, 0.29) is 51.8 Å². The van der Waals surface area contributed by atoms with E-state index in [2.05, 4.69) is 13.2 Å². The molecule has 0 fully saturated rings. The molecule has 290 valence electrons. The molecule has 0 aliphatic rings. The Morgan fingerprint density at radius 3 is 0.807 bits per heavy atom. The monoisotopic (exact) mass is 824 g/mol. The first-order valence-electron chi connectivity index (χ1n) is 17.0. The maximum absolute atomic E-state index is 14.3. The second kappa shape index (κ2) is 18.8. The SMILES string of the molecule is C=C/C=C(\C=C)OP(=O)(Oc1ccccc1)Oc1ccc(OP(=O)(Oc2ccccc2)Oc2ccc(OP(=O)(Oc3ccccc3)Oc3ccccc3)cc2)cc1. The Kier molecular flexibility index (Phi) is 13.3. The molecule has 12 nitrogen and oxygen atoms in total. The molecule has 0 aromatic heterocycles. The summed E-state index contributed by atoms with van der Waals surface area (Å²) in [5.74, 6) is 1.27. The Labute approximate surface area is 330 Å². The third-order valence-corrected chi connectivity index (χ3v) is 11.0. The topological polar surface area (TPSA) is 134 Å². The lowest BCUT2D eigenvalue weighted by Gasteiger charge is -2.21. The summed E-state index contributed by atoms with van der Waals surface area (Å²) in [4.78, 5) is 0. The summed E-state index contributed by atoms with van der Waals surface area (Å²) in [6.07, 6.45) is 4.20. The molecule has 2 atom stereocenters. The number of benzene rings is 6. The summed E-state index contributed by atoms with van der Waals surface area (Å²) >= 11 is 0. The highest BCUT2D eigenvalue weighted by Gasteiger charge is 2.36. The molecule has 0 spiro atoms. The molecule has 0 saturated carbocycles. The summed E-state index contributed by atoms with van der Waals surface area (Å²) in [7, 11) is -13.1. The van der Waals surface area contributed by atoms with E-state index in [0.717, 1.165) is 0 Å². The lowest BCUT2D eigenvalue weighted by molar-refractivity contribution is 0.262. The predicted octanol–water partition coefficient (Wildman–Crippen LogP) is 12.8. The summed E-state index contributed by atoms with van der Waals surface area (Å²) in [5, 5.41) is 0. The third-order valence-electron chi connectivity index (χ3n) is 7.06. The van der Waals surface area contributed by atoms with Crippen LogP contribution >= 0.6 is 23.5 Å². The van der Waals surface area contributed by atoms with E-state index < -0.39 is 23.5 Å². The number of allylic oxidation sites excluding steroid dienone is 3. The Morgan fingerprint density at radius 1 is 0.351 bits per heavy atom. The first-order chi connectivity index (χ1) is 27.6. The van der Waals surface area contributed by atoms with Gasteiger partial charge in [0.1, 0.15) is 51.8 Å². The van der Waals surface area contributed by atoms with Crippen LogP contribution in [0.15, 0.2) is 207 Å². The van der Waals surface area contributed by atoms with Crippen molar-refractivity contribution in [2.45, 2.75) is 0 Å². The quantitative estimate of drug-likeness (QED) is 0.0412. The highest BCUT2D eigenvalue weighted by Crippen LogP contribution is 2.54. The van der Waals surface area contributed by atoms with Gasteiger partial charge in [-0.2, -0.15) is 13.7 Å². The van der Waals surface area contributed by atoms with Crippen molar-refractivity contribution >= 4 is 23.5 Å². The fourth-order valence-corrected chi connectivity index (χ4v) is 8.40. The molecular formula is C42H35O12P3. The zero-order valence-corrected chi connectivity index (χ0v) is 32.7. The van der Waals surface area contributed by atoms with E-state index in [4.69, 9.17) is 40.7 Å². The van der Waals surface area contributed by atoms with Gasteiger partial charge < -0.3 is 40.7 Å². The molecule has 0 amide bonds. The van der Waals surface area contributed by atoms with Crippen LogP contribution in [0.25, 0.3) is 0 Å². The van der Waals surface area contributed by atoms with Gasteiger partial charge in [0.2, 0.25) is 0 Å². The van der Waals surface area contributed by atoms with Crippen molar-refractivity contribution in [2.75, 3.05) is 0 Å². The van der Waals surface area contributed by atoms with Crippen LogP contribution in [0.2, 0.25) is 0 Å². The third kappa shape index (κ3) is 12.2. The van der Waals surface area contributed by atoms with Gasteiger partial charge in [0.05, 0.1) is 0 Å². The zero-order chi connectivity index (χ0) is 40.0. The molecule has 6 aromatic carbocycles. The van der Waals surface area contributed by atoms with Gasteiger partial charge in [-0.15, -0.1) is 0 Å². The number of phosphoric ester groups is 3. The van der Waals surface area contributed by atoms with Crippen molar-refractivity contribution < 1.29 is 54.4 Å². The van der Waals surface area contributed by atoms with E-state index in [1.807, 2.05) is 0 Å². The van der Waals surface area contributed by atoms with Crippen molar-refractivity contribution in [3.63, 3.8) is 0 Å². The fraction of sp³-hybridized carbons (Fsp3) is 0. The van der Waals surface area contributed by atoms with Crippen LogP contribution in [0, 0.1) is 0 Å². The summed E-state index contributed by atoms with van der Waals surface area (Å²) in [5.41, 5.74) is 0. The second-order valence-electron chi connectivity index (χ2n) is 11.4. The Morgan fingerprint density at radius 2 is 0.579 bits per heavy atom. The molecule has 2 unspecified atom stereocenters. The number of rotatable bonds is 20. The number of hydrogen-bond acceptors (Lipinski definition) is 12. The fourth-order valence-electron chi connectivity index (χ4n) is 4.63. The molecule has 0 aliphatic carbocycles. The van der Waals surface area contributed by atoms with Gasteiger partial charge in [0, 0.05) is 0 Å². The molecule has 0 radical (unpaired) electrons. The summed E-state index contributed by atoms with van der Waals surface area (Å²) in [6.45, 7) is 7.28. The van der Waals surface area contributed by atoms with Crippen LogP contribution in [0.1, 0.15) is 0 Å². The maximum Gasteiger partial charge on any atom is 0.647 e. The number of phosphoric acid groups is 3. The minimum atomic E-state index is -4.48. The molecule has 6 aromatic rings. The van der Waals surface area contributed by atoms with E-state index in [9.17, 15) is 13.7 Å². The van der Waals surface area contributed by atoms with Crippen molar-refractivity contribution in [1.29, 1.82) is 0 Å². The van der Waals surface area contributed by atoms with Crippen molar-refractivity contribution in [3.05, 3.63) is 207 Å². The Hall–Kier alpha value is -6.57. The van der Waals surface area contributed by atoms with Gasteiger partial charge in [0.25, 0.3) is 0 Å². The van der Waals surface area contributed by atoms with E-state index in [0.29, 0.717) is 0 Å². The van der Waals surface area contributed by atoms with Gasteiger partial charge in [-0.05, 0) is 109 Å². The predicted molar refractivity (Wildman–Crippen MR) is 216 cm³/mol. The van der Waals surface area contributed by atoms with E-state index in [1.54, 1.807) is 121 Å². The molecule has 57 heavy (non-hydrogen) atoms. The average molecular weight is 825 g/mol. The molecule has 0 heterocycles. The standard InChI is InChI=1S/C42H35O12P3/c1-3-17-34(4-2)46-55(43,47-35-18-9-5-10-19-35)51-39-26-28-41(29-27-39)53-57(45,50-38-24-15-8-16-25-38)54-42-32-30-40(31-33-42)52-56(44,48-36-20-11-6-12-21-36)49-37-22-13-7-14-23-37/h3-33H,1-2H2/b34-17+. The molecule has 0 saturated heterocycles. The van der Waals surface area contributed by atoms with E-state index in [1.165, 1.54) is 66.8 Å². The second-order valence-corrected chi connectivity index (χ2v) is 15.7. The summed E-state index contributed by atoms with van der Waals surface area (Å²) in [6, 6.07) is 44.8. The van der Waals surface area contributed by atoms with Gasteiger partial charge in [-0.1, -0.05) is 92.0 Å². The Bertz CT molecular complexity index is 2350. The zero-order valence-electron chi connectivity index (χ0n) is 30.1. The van der Waals surface area contributed by atoms with E-state index >= 15 is 0 Å². The van der Waals surface area contributed by atoms with Gasteiger partial charge >= 0.3 is 23.5 Å². The normalized spacial score (nSPS) is 13.3. The molecule has 15 heteroatoms. The van der Waals surface area contributed by atoms with Gasteiger partial charge in [-0.25, -0.2) is 0 Å². The van der Waals surface area contributed by atoms with Crippen molar-refractivity contribution in [3.8, 4) is 46.0 Å². The van der Waals surface area contributed by atoms with Crippen LogP contribution in [0.3, 0.4) is 0 Å². The smallest absolute Gasteiger partial charge is 0.386 e. The number of para-hydroxylation sites is 4. The lowest BCUT2D eigenvalue weighted by Crippen LogP contribution is -2.08. The molecule has 0 bridgehead atoms. The maximum atomic E-state index is 14.3. The number of hydrogen-bond donors (Lipinski definition) is 0. The lowest BCUT2D eigenvalue weighted by atomic mass is 10.3. The highest BCUT2D eigenvalue weighted by atomic mass is 31.2. The largest absolute Gasteiger partial charge is 0.647 e. The molecule has 0 N–H and O–H groups in total. The van der Waals surface area contributed by atoms with Crippen molar-refractivity contribution in [2.24, 2.45) is 0 Å². The first kappa shape index (κ1) is 40.1. The highest BCUT2D eigenvalue weighted by molar-refractivity contribution is 7.50. The van der Waals surface area contributed by atoms with Crippen LogP contribution in [-0.2, 0) is 18.2 Å². The van der Waals surface area contributed by atoms with Crippen LogP contribution in [0.5, 0.6) is 46.0 Å². The Balaban J connectivity index is 1.20. The molecule has 0 aliphatic heterocycles. The minimum Gasteiger partial charge on any atom is -0.386 e. The first-order valence-corrected chi connectivity index (χ1v) is 21.4. The van der Waals surface area contributed by atoms with Crippen molar-refractivity contribution in [1.82, 2.24) is 0 Å². The minimum absolute atomic E-state index is 0.0386. The average Bonchev–Trinajstić information content (AvgIpc) is 3.20. The molecular weight excluding hydrogens is 789 g/mol. The van der Waals surface area contributed by atoms with Crippen LogP contribution in [-0.4, -0.2) is 0 Å². The van der Waals surface area contributed by atoms with Crippen LogP contribution < -0.4 is 36.2 Å². The molecule has 6 rings (SSSR count). The van der Waals surface area contributed by atoms with Gasteiger partial charge in [0.15, 0.2) is 0 Å². The van der Waals surface area contributed by atoms with Crippen LogP contribution in [0.4, 0.5) is 0 Å².